The van der Waals surface area contributed by atoms with E-state index in [1.807, 2.05) is 56.3 Å². The average molecular weight is 383 g/mol. The van der Waals surface area contributed by atoms with Gasteiger partial charge in [0.25, 0.3) is 5.91 Å². The van der Waals surface area contributed by atoms with Crippen molar-refractivity contribution in [2.24, 2.45) is 0 Å². The molecule has 0 aliphatic rings. The highest BCUT2D eigenvalue weighted by atomic mass is 32.1. The van der Waals surface area contributed by atoms with Crippen molar-refractivity contribution in [3.8, 4) is 11.5 Å². The van der Waals surface area contributed by atoms with E-state index in [2.05, 4.69) is 15.6 Å². The van der Waals surface area contributed by atoms with E-state index < -0.39 is 0 Å². The molecule has 1 aromatic heterocycles. The van der Waals surface area contributed by atoms with Gasteiger partial charge in [0.2, 0.25) is 0 Å². The van der Waals surface area contributed by atoms with E-state index >= 15 is 0 Å². The van der Waals surface area contributed by atoms with Crippen LogP contribution in [-0.2, 0) is 0 Å². The lowest BCUT2D eigenvalue weighted by Crippen LogP contribution is -2.12. The second-order valence-electron chi connectivity index (χ2n) is 5.95. The zero-order valence-corrected chi connectivity index (χ0v) is 16.4. The molecule has 0 unspecified atom stereocenters. The fourth-order valence-corrected chi connectivity index (χ4v) is 3.47. The van der Waals surface area contributed by atoms with Gasteiger partial charge in [0.15, 0.2) is 5.13 Å². The van der Waals surface area contributed by atoms with Gasteiger partial charge in [-0.25, -0.2) is 4.98 Å². The monoisotopic (exact) mass is 383 g/mol. The quantitative estimate of drug-likeness (QED) is 0.641. The molecular formula is C20H21N3O3S. The SMILES string of the molecule is COc1cccc(Nc2nc(C)c(C(=O)Nc3cc(C)ccc3OC)s2)c1. The average Bonchev–Trinajstić information content (AvgIpc) is 3.02. The maximum absolute atomic E-state index is 12.7. The third-order valence-electron chi connectivity index (χ3n) is 3.93. The predicted octanol–water partition coefficient (Wildman–Crippen LogP) is 4.77. The maximum Gasteiger partial charge on any atom is 0.267 e. The van der Waals surface area contributed by atoms with Crippen molar-refractivity contribution in [3.05, 3.63) is 58.6 Å². The summed E-state index contributed by atoms with van der Waals surface area (Å²) in [6, 6.07) is 13.2. The Hall–Kier alpha value is -3.06. The molecule has 0 aliphatic carbocycles. The van der Waals surface area contributed by atoms with Crippen molar-refractivity contribution in [2.45, 2.75) is 13.8 Å². The highest BCUT2D eigenvalue weighted by Crippen LogP contribution is 2.30. The number of nitrogens with one attached hydrogen (secondary N) is 2. The van der Waals surface area contributed by atoms with Crippen LogP contribution in [0.3, 0.4) is 0 Å². The van der Waals surface area contributed by atoms with Crippen LogP contribution in [0.5, 0.6) is 11.5 Å². The first kappa shape index (κ1) is 18.7. The van der Waals surface area contributed by atoms with Crippen LogP contribution in [0.15, 0.2) is 42.5 Å². The normalized spacial score (nSPS) is 10.4. The van der Waals surface area contributed by atoms with Gasteiger partial charge >= 0.3 is 0 Å². The van der Waals surface area contributed by atoms with Crippen molar-refractivity contribution in [1.82, 2.24) is 4.98 Å². The van der Waals surface area contributed by atoms with Crippen LogP contribution in [0.1, 0.15) is 20.9 Å². The number of nitrogens with zero attached hydrogens (tertiary/aromatic N) is 1. The van der Waals surface area contributed by atoms with Crippen molar-refractivity contribution in [3.63, 3.8) is 0 Å². The van der Waals surface area contributed by atoms with E-state index in [9.17, 15) is 4.79 Å². The summed E-state index contributed by atoms with van der Waals surface area (Å²) >= 11 is 1.30. The van der Waals surface area contributed by atoms with Gasteiger partial charge in [0, 0.05) is 11.8 Å². The molecule has 0 fully saturated rings. The van der Waals surface area contributed by atoms with Crippen LogP contribution in [0, 0.1) is 13.8 Å². The summed E-state index contributed by atoms with van der Waals surface area (Å²) in [7, 11) is 3.20. The van der Waals surface area contributed by atoms with E-state index in [1.54, 1.807) is 14.2 Å². The molecule has 27 heavy (non-hydrogen) atoms. The minimum atomic E-state index is -0.215. The molecule has 140 valence electrons. The fraction of sp³-hybridized carbons (Fsp3) is 0.200. The number of rotatable bonds is 6. The smallest absolute Gasteiger partial charge is 0.267 e. The van der Waals surface area contributed by atoms with E-state index in [0.717, 1.165) is 17.0 Å². The molecule has 1 heterocycles. The van der Waals surface area contributed by atoms with Gasteiger partial charge in [-0.3, -0.25) is 4.79 Å². The molecule has 0 bridgehead atoms. The van der Waals surface area contributed by atoms with E-state index in [1.165, 1.54) is 11.3 Å². The minimum Gasteiger partial charge on any atom is -0.497 e. The third-order valence-corrected chi connectivity index (χ3v) is 5.00. The molecule has 0 aliphatic heterocycles. The number of aryl methyl sites for hydroxylation is 2. The van der Waals surface area contributed by atoms with Gasteiger partial charge in [-0.1, -0.05) is 23.5 Å². The first-order valence-electron chi connectivity index (χ1n) is 8.34. The summed E-state index contributed by atoms with van der Waals surface area (Å²) in [5.74, 6) is 1.15. The number of anilines is 3. The number of hydrogen-bond acceptors (Lipinski definition) is 6. The molecule has 0 atom stereocenters. The standard InChI is InChI=1S/C20H21N3O3S/c1-12-8-9-17(26-4)16(10-12)23-19(24)18-13(2)21-20(27-18)22-14-6-5-7-15(11-14)25-3/h5-11H,1-4H3,(H,21,22)(H,23,24). The van der Waals surface area contributed by atoms with Gasteiger partial charge in [0.05, 0.1) is 25.6 Å². The number of methoxy groups -OCH3 is 2. The Morgan fingerprint density at radius 2 is 1.89 bits per heavy atom. The van der Waals surface area contributed by atoms with Crippen LogP contribution in [0.4, 0.5) is 16.5 Å². The predicted molar refractivity (Wildman–Crippen MR) is 109 cm³/mol. The molecule has 2 aromatic carbocycles. The first-order chi connectivity index (χ1) is 13.0. The Kier molecular flexibility index (Phi) is 5.61. The lowest BCUT2D eigenvalue weighted by atomic mass is 10.2. The number of thiazole rings is 1. The number of aromatic nitrogens is 1. The van der Waals surface area contributed by atoms with Gasteiger partial charge in [-0.2, -0.15) is 0 Å². The number of carbonyl (C=O) groups excluding carboxylic acids is 1. The van der Waals surface area contributed by atoms with E-state index in [-0.39, 0.29) is 5.91 Å². The van der Waals surface area contributed by atoms with Crippen LogP contribution in [0.25, 0.3) is 0 Å². The molecule has 0 saturated carbocycles. The summed E-state index contributed by atoms with van der Waals surface area (Å²) in [6.07, 6.45) is 0. The van der Waals surface area contributed by atoms with Crippen molar-refractivity contribution >= 4 is 33.8 Å². The molecule has 0 spiro atoms. The summed E-state index contributed by atoms with van der Waals surface area (Å²) in [5.41, 5.74) is 3.18. The topological polar surface area (TPSA) is 72.5 Å². The van der Waals surface area contributed by atoms with Gasteiger partial charge in [0.1, 0.15) is 16.4 Å². The fourth-order valence-electron chi connectivity index (χ4n) is 2.58. The molecule has 3 aromatic rings. The van der Waals surface area contributed by atoms with E-state index in [0.29, 0.717) is 27.1 Å². The Bertz CT molecular complexity index is 969. The Labute approximate surface area is 162 Å². The summed E-state index contributed by atoms with van der Waals surface area (Å²) in [4.78, 5) is 17.7. The highest BCUT2D eigenvalue weighted by Gasteiger charge is 2.17. The molecular weight excluding hydrogens is 362 g/mol. The summed E-state index contributed by atoms with van der Waals surface area (Å²) in [6.45, 7) is 3.78. The third kappa shape index (κ3) is 4.38. The van der Waals surface area contributed by atoms with Crippen molar-refractivity contribution in [1.29, 1.82) is 0 Å². The van der Waals surface area contributed by atoms with Crippen LogP contribution >= 0.6 is 11.3 Å². The van der Waals surface area contributed by atoms with Crippen molar-refractivity contribution < 1.29 is 14.3 Å². The van der Waals surface area contributed by atoms with Crippen LogP contribution in [-0.4, -0.2) is 25.1 Å². The second-order valence-corrected chi connectivity index (χ2v) is 6.95. The van der Waals surface area contributed by atoms with Gasteiger partial charge in [-0.15, -0.1) is 0 Å². The van der Waals surface area contributed by atoms with E-state index in [4.69, 9.17) is 9.47 Å². The first-order valence-corrected chi connectivity index (χ1v) is 9.16. The van der Waals surface area contributed by atoms with Crippen molar-refractivity contribution in [2.75, 3.05) is 24.9 Å². The number of carbonyl (C=O) groups is 1. The van der Waals surface area contributed by atoms with Crippen LogP contribution in [0.2, 0.25) is 0 Å². The zero-order valence-electron chi connectivity index (χ0n) is 15.6. The zero-order chi connectivity index (χ0) is 19.4. The molecule has 1 amide bonds. The lowest BCUT2D eigenvalue weighted by molar-refractivity contribution is 0.102. The lowest BCUT2D eigenvalue weighted by Gasteiger charge is -2.10. The second kappa shape index (κ2) is 8.09. The minimum absolute atomic E-state index is 0.215. The Balaban J connectivity index is 1.79. The molecule has 3 rings (SSSR count). The Morgan fingerprint density at radius 1 is 1.07 bits per heavy atom. The number of amides is 1. The number of hydrogen-bond donors (Lipinski definition) is 2. The maximum atomic E-state index is 12.7. The Morgan fingerprint density at radius 3 is 2.63 bits per heavy atom. The number of benzene rings is 2. The molecule has 6 nitrogen and oxygen atoms in total. The molecule has 0 saturated heterocycles. The van der Waals surface area contributed by atoms with Gasteiger partial charge in [-0.05, 0) is 43.7 Å². The largest absolute Gasteiger partial charge is 0.497 e. The number of ether oxygens (including phenoxy) is 2. The summed E-state index contributed by atoms with van der Waals surface area (Å²) in [5, 5.41) is 6.77. The van der Waals surface area contributed by atoms with Crippen LogP contribution < -0.4 is 20.1 Å². The van der Waals surface area contributed by atoms with Gasteiger partial charge < -0.3 is 20.1 Å². The molecule has 7 heteroatoms. The molecule has 2 N–H and O–H groups in total. The highest BCUT2D eigenvalue weighted by molar-refractivity contribution is 7.17. The molecule has 0 radical (unpaired) electrons. The summed E-state index contributed by atoms with van der Waals surface area (Å²) < 4.78 is 10.5.